The van der Waals surface area contributed by atoms with Crippen molar-refractivity contribution in [2.45, 2.75) is 62.3 Å². The Morgan fingerprint density at radius 1 is 1.11 bits per heavy atom. The normalized spacial score (nSPS) is 29.3. The van der Waals surface area contributed by atoms with Crippen LogP contribution in [-0.2, 0) is 0 Å². The summed E-state index contributed by atoms with van der Waals surface area (Å²) in [6, 6.07) is 2.86. The van der Waals surface area contributed by atoms with Crippen LogP contribution in [0.2, 0.25) is 0 Å². The van der Waals surface area contributed by atoms with Gasteiger partial charge in [0.25, 0.3) is 0 Å². The molecule has 3 rings (SSSR count). The number of nitrogens with zero attached hydrogens (tertiary/aromatic N) is 1. The van der Waals surface area contributed by atoms with Gasteiger partial charge in [0.15, 0.2) is 11.6 Å². The van der Waals surface area contributed by atoms with Crippen LogP contribution in [0, 0.1) is 11.6 Å². The lowest BCUT2D eigenvalue weighted by Crippen LogP contribution is -2.61. The molecule has 1 saturated heterocycles. The molecule has 1 heterocycles. The van der Waals surface area contributed by atoms with Crippen LogP contribution in [0.1, 0.15) is 44.9 Å². The number of aliphatic hydroxyl groups excluding tert-OH is 1. The number of β-amino-alcohol motifs (C(OH)–C–C–N with tert-alkyl or cyclic N) is 2. The highest BCUT2D eigenvalue weighted by Crippen LogP contribution is 2.31. The quantitative estimate of drug-likeness (QED) is 0.678. The van der Waals surface area contributed by atoms with Crippen molar-refractivity contribution >= 4 is 0 Å². The van der Waals surface area contributed by atoms with Crippen molar-refractivity contribution in [3.8, 4) is 5.75 Å². The van der Waals surface area contributed by atoms with E-state index in [1.807, 2.05) is 4.90 Å². The average molecular weight is 385 g/mol. The predicted octanol–water partition coefficient (Wildman–Crippen LogP) is 2.23. The zero-order valence-electron chi connectivity index (χ0n) is 15.5. The molecule has 1 aliphatic carbocycles. The first-order valence-corrected chi connectivity index (χ1v) is 9.73. The average Bonchev–Trinajstić information content (AvgIpc) is 2.84. The first-order valence-electron chi connectivity index (χ1n) is 9.73. The molecule has 0 unspecified atom stereocenters. The maximum Gasteiger partial charge on any atom is 0.165 e. The van der Waals surface area contributed by atoms with E-state index in [2.05, 4.69) is 0 Å². The summed E-state index contributed by atoms with van der Waals surface area (Å²) in [4.78, 5) is 1.93. The molecular formula is C20H29F2NO4. The van der Waals surface area contributed by atoms with Gasteiger partial charge in [-0.3, -0.25) is 4.90 Å². The Morgan fingerprint density at radius 2 is 1.81 bits per heavy atom. The number of likely N-dealkylation sites (tertiary alicyclic amines) is 1. The Balaban J connectivity index is 1.63. The summed E-state index contributed by atoms with van der Waals surface area (Å²) >= 11 is 0. The minimum Gasteiger partial charge on any atom is -0.487 e. The molecule has 0 aromatic heterocycles. The molecular weight excluding hydrogens is 356 g/mol. The molecule has 1 saturated carbocycles. The van der Waals surface area contributed by atoms with Crippen molar-refractivity contribution in [2.24, 2.45) is 0 Å². The van der Waals surface area contributed by atoms with Gasteiger partial charge < -0.3 is 20.1 Å². The van der Waals surface area contributed by atoms with Crippen molar-refractivity contribution in [3.05, 3.63) is 29.8 Å². The van der Waals surface area contributed by atoms with Gasteiger partial charge in [-0.25, -0.2) is 8.78 Å². The number of halogens is 2. The van der Waals surface area contributed by atoms with Crippen molar-refractivity contribution in [3.63, 3.8) is 0 Å². The predicted molar refractivity (Wildman–Crippen MR) is 96.5 cm³/mol. The number of benzene rings is 1. The fourth-order valence-electron chi connectivity index (χ4n) is 4.17. The Bertz CT molecular complexity index is 636. The zero-order chi connectivity index (χ0) is 19.5. The van der Waals surface area contributed by atoms with E-state index in [0.29, 0.717) is 19.5 Å². The molecule has 3 N–H and O–H groups in total. The number of rotatable bonds is 5. The fraction of sp³-hybridized carbons (Fsp3) is 0.700. The van der Waals surface area contributed by atoms with E-state index >= 15 is 0 Å². The summed E-state index contributed by atoms with van der Waals surface area (Å²) in [5.74, 6) is -1.66. The molecule has 0 amide bonds. The van der Waals surface area contributed by atoms with E-state index in [9.17, 15) is 24.1 Å². The fourth-order valence-corrected chi connectivity index (χ4v) is 4.17. The van der Waals surface area contributed by atoms with Gasteiger partial charge in [-0.15, -0.1) is 0 Å². The van der Waals surface area contributed by atoms with E-state index < -0.39 is 28.9 Å². The minimum absolute atomic E-state index is 0.105. The molecule has 1 aromatic rings. The van der Waals surface area contributed by atoms with Crippen molar-refractivity contribution < 1.29 is 28.8 Å². The summed E-state index contributed by atoms with van der Waals surface area (Å²) in [5.41, 5.74) is -2.40. The Morgan fingerprint density at radius 3 is 2.52 bits per heavy atom. The van der Waals surface area contributed by atoms with Gasteiger partial charge in [-0.2, -0.15) is 0 Å². The van der Waals surface area contributed by atoms with E-state index in [-0.39, 0.29) is 18.9 Å². The molecule has 7 heteroatoms. The van der Waals surface area contributed by atoms with E-state index in [1.165, 1.54) is 0 Å². The van der Waals surface area contributed by atoms with Crippen LogP contribution in [-0.4, -0.2) is 63.8 Å². The molecule has 1 aromatic carbocycles. The Hall–Kier alpha value is -1.28. The topological polar surface area (TPSA) is 73.2 Å². The van der Waals surface area contributed by atoms with Crippen LogP contribution < -0.4 is 4.74 Å². The summed E-state index contributed by atoms with van der Waals surface area (Å²) in [6.07, 6.45) is 4.97. The molecule has 27 heavy (non-hydrogen) atoms. The second kappa shape index (κ2) is 8.39. The summed E-state index contributed by atoms with van der Waals surface area (Å²) in [6.45, 7) is 0.730. The number of aliphatic hydroxyl groups is 3. The Kier molecular flexibility index (Phi) is 6.35. The van der Waals surface area contributed by atoms with Crippen LogP contribution in [0.25, 0.3) is 0 Å². The molecule has 0 bridgehead atoms. The Labute approximate surface area is 158 Å². The molecule has 2 atom stereocenters. The molecule has 5 nitrogen and oxygen atoms in total. The second-order valence-corrected chi connectivity index (χ2v) is 8.12. The van der Waals surface area contributed by atoms with Gasteiger partial charge >= 0.3 is 0 Å². The number of hydrogen-bond acceptors (Lipinski definition) is 5. The largest absolute Gasteiger partial charge is 0.487 e. The van der Waals surface area contributed by atoms with Crippen LogP contribution in [0.3, 0.4) is 0 Å². The highest BCUT2D eigenvalue weighted by molar-refractivity contribution is 5.25. The summed E-state index contributed by atoms with van der Waals surface area (Å²) in [5, 5.41) is 32.1. The first kappa shape index (κ1) is 20.5. The standard InChI is InChI=1S/C20H29F2NO4/c21-15-5-6-16(22)17(11-15)27-14-20(26)13-23(10-7-18(20)24)12-19(25)8-3-1-2-4-9-19/h5-6,11,18,24-26H,1-4,7-10,12-14H2/t18-,20-/m0/s1. The van der Waals surface area contributed by atoms with E-state index in [0.717, 1.165) is 56.7 Å². The second-order valence-electron chi connectivity index (χ2n) is 8.12. The summed E-state index contributed by atoms with van der Waals surface area (Å²) in [7, 11) is 0. The number of ether oxygens (including phenoxy) is 1. The van der Waals surface area contributed by atoms with Crippen molar-refractivity contribution in [2.75, 3.05) is 26.2 Å². The molecule has 2 fully saturated rings. The van der Waals surface area contributed by atoms with Gasteiger partial charge in [-0.1, -0.05) is 25.7 Å². The lowest BCUT2D eigenvalue weighted by molar-refractivity contribution is -0.148. The number of hydrogen-bond donors (Lipinski definition) is 3. The van der Waals surface area contributed by atoms with Crippen LogP contribution in [0.5, 0.6) is 5.75 Å². The monoisotopic (exact) mass is 385 g/mol. The smallest absolute Gasteiger partial charge is 0.165 e. The van der Waals surface area contributed by atoms with Gasteiger partial charge in [0, 0.05) is 25.7 Å². The third kappa shape index (κ3) is 5.16. The first-order chi connectivity index (χ1) is 12.8. The van der Waals surface area contributed by atoms with Gasteiger partial charge in [0.2, 0.25) is 0 Å². The highest BCUT2D eigenvalue weighted by atomic mass is 19.1. The third-order valence-corrected chi connectivity index (χ3v) is 5.76. The lowest BCUT2D eigenvalue weighted by atomic mass is 9.87. The van der Waals surface area contributed by atoms with E-state index in [4.69, 9.17) is 4.74 Å². The van der Waals surface area contributed by atoms with Gasteiger partial charge in [0.05, 0.1) is 11.7 Å². The van der Waals surface area contributed by atoms with Crippen molar-refractivity contribution in [1.82, 2.24) is 4.90 Å². The zero-order valence-corrected chi connectivity index (χ0v) is 15.5. The van der Waals surface area contributed by atoms with E-state index in [1.54, 1.807) is 0 Å². The highest BCUT2D eigenvalue weighted by Gasteiger charge is 2.44. The van der Waals surface area contributed by atoms with Crippen LogP contribution in [0.15, 0.2) is 18.2 Å². The maximum atomic E-state index is 13.7. The molecule has 2 aliphatic rings. The van der Waals surface area contributed by atoms with Gasteiger partial charge in [0.1, 0.15) is 18.0 Å². The summed E-state index contributed by atoms with van der Waals surface area (Å²) < 4.78 is 32.3. The van der Waals surface area contributed by atoms with Crippen molar-refractivity contribution in [1.29, 1.82) is 0 Å². The molecule has 0 spiro atoms. The molecule has 0 radical (unpaired) electrons. The maximum absolute atomic E-state index is 13.7. The van der Waals surface area contributed by atoms with Gasteiger partial charge in [-0.05, 0) is 31.4 Å². The number of piperidine rings is 1. The molecule has 152 valence electrons. The SMILES string of the molecule is O[C@H]1CCN(CC2(O)CCCCCC2)C[C@]1(O)COc1cc(F)ccc1F. The third-order valence-electron chi connectivity index (χ3n) is 5.76. The minimum atomic E-state index is -1.61. The van der Waals surface area contributed by atoms with Crippen LogP contribution >= 0.6 is 0 Å². The molecule has 1 aliphatic heterocycles. The lowest BCUT2D eigenvalue weighted by Gasteiger charge is -2.44. The van der Waals surface area contributed by atoms with Crippen LogP contribution in [0.4, 0.5) is 8.78 Å².